The number of likely N-dealkylation sites (tertiary alicyclic amines) is 1. The van der Waals surface area contributed by atoms with Gasteiger partial charge in [0, 0.05) is 47.4 Å². The minimum absolute atomic E-state index is 0.125. The van der Waals surface area contributed by atoms with Crippen LogP contribution in [0.4, 0.5) is 0 Å². The van der Waals surface area contributed by atoms with E-state index in [-0.39, 0.29) is 16.7 Å². The molecule has 3 aromatic rings. The number of aromatic nitrogens is 1. The van der Waals surface area contributed by atoms with Gasteiger partial charge in [-0.2, -0.15) is 0 Å². The zero-order chi connectivity index (χ0) is 24.8. The molecule has 4 rings (SSSR count). The number of rotatable bonds is 5. The van der Waals surface area contributed by atoms with Crippen molar-refractivity contribution in [3.05, 3.63) is 70.9 Å². The van der Waals surface area contributed by atoms with Crippen LogP contribution in [0.5, 0.6) is 5.75 Å². The first kappa shape index (κ1) is 23.6. The van der Waals surface area contributed by atoms with Crippen molar-refractivity contribution in [3.8, 4) is 5.75 Å². The Kier molecular flexibility index (Phi) is 6.02. The van der Waals surface area contributed by atoms with Crippen LogP contribution in [-0.4, -0.2) is 39.9 Å². The number of para-hydroxylation sites is 1. The molecular formula is C28H32N2O4. The third-order valence-electron chi connectivity index (χ3n) is 6.51. The smallest absolute Gasteiger partial charge is 0.295 e. The fraction of sp³-hybridized carbons (Fsp3) is 0.357. The number of aliphatic hydroxyl groups is 1. The van der Waals surface area contributed by atoms with Gasteiger partial charge in [0.2, 0.25) is 0 Å². The van der Waals surface area contributed by atoms with Crippen molar-refractivity contribution in [1.29, 1.82) is 0 Å². The molecule has 1 amide bonds. The van der Waals surface area contributed by atoms with Crippen molar-refractivity contribution in [1.82, 2.24) is 9.47 Å². The van der Waals surface area contributed by atoms with Gasteiger partial charge in [-0.1, -0.05) is 45.9 Å². The molecule has 1 fully saturated rings. The number of aliphatic hydroxyl groups excluding tert-OH is 1. The minimum Gasteiger partial charge on any atom is -0.507 e. The van der Waals surface area contributed by atoms with Gasteiger partial charge in [0.25, 0.3) is 11.7 Å². The number of carbonyl (C=O) groups is 2. The van der Waals surface area contributed by atoms with Crippen molar-refractivity contribution in [2.24, 2.45) is 7.05 Å². The fourth-order valence-electron chi connectivity index (χ4n) is 4.86. The summed E-state index contributed by atoms with van der Waals surface area (Å²) in [6.07, 6.45) is 2.65. The van der Waals surface area contributed by atoms with E-state index in [9.17, 15) is 14.7 Å². The summed E-state index contributed by atoms with van der Waals surface area (Å²) >= 11 is 0. The maximum Gasteiger partial charge on any atom is 0.295 e. The lowest BCUT2D eigenvalue weighted by Gasteiger charge is -2.25. The lowest BCUT2D eigenvalue weighted by molar-refractivity contribution is -0.139. The van der Waals surface area contributed by atoms with E-state index in [0.29, 0.717) is 24.3 Å². The number of methoxy groups -OCH3 is 1. The standard InChI is InChI=1S/C28H32N2O4/c1-7-14-30-24(19-16-29(5)21-11-9-8-10-18(19)21)23(26(32)27(30)33)25(31)17-12-13-22(34-6)20(15-17)28(2,3)4/h8-13,15-16,24,31H,7,14H2,1-6H3/b25-23+. The number of carbonyl (C=O) groups excluding carboxylic acids is 2. The van der Waals surface area contributed by atoms with Gasteiger partial charge >= 0.3 is 0 Å². The van der Waals surface area contributed by atoms with Gasteiger partial charge < -0.3 is 19.3 Å². The van der Waals surface area contributed by atoms with E-state index in [1.807, 2.05) is 55.1 Å². The van der Waals surface area contributed by atoms with Crippen LogP contribution in [0.3, 0.4) is 0 Å². The molecule has 34 heavy (non-hydrogen) atoms. The van der Waals surface area contributed by atoms with E-state index in [2.05, 4.69) is 20.8 Å². The molecule has 6 nitrogen and oxygen atoms in total. The second-order valence-electron chi connectivity index (χ2n) is 9.87. The van der Waals surface area contributed by atoms with Crippen LogP contribution in [0.1, 0.15) is 56.8 Å². The van der Waals surface area contributed by atoms with Crippen LogP contribution in [0.25, 0.3) is 16.7 Å². The first-order valence-corrected chi connectivity index (χ1v) is 11.6. The molecule has 2 aromatic carbocycles. The van der Waals surface area contributed by atoms with Gasteiger partial charge in [-0.3, -0.25) is 9.59 Å². The van der Waals surface area contributed by atoms with Crippen LogP contribution < -0.4 is 4.74 Å². The first-order chi connectivity index (χ1) is 16.1. The van der Waals surface area contributed by atoms with Crippen molar-refractivity contribution in [3.63, 3.8) is 0 Å². The second kappa shape index (κ2) is 8.67. The van der Waals surface area contributed by atoms with Gasteiger partial charge in [0.15, 0.2) is 0 Å². The Morgan fingerprint density at radius 3 is 2.47 bits per heavy atom. The number of amides is 1. The third-order valence-corrected chi connectivity index (χ3v) is 6.51. The Morgan fingerprint density at radius 1 is 1.12 bits per heavy atom. The highest BCUT2D eigenvalue weighted by atomic mass is 16.5. The number of fused-ring (bicyclic) bond motifs is 1. The summed E-state index contributed by atoms with van der Waals surface area (Å²) in [6, 6.07) is 12.6. The Balaban J connectivity index is 1.97. The third kappa shape index (κ3) is 3.77. The molecule has 1 aliphatic heterocycles. The molecule has 0 bridgehead atoms. The topological polar surface area (TPSA) is 71.8 Å². The molecule has 1 aromatic heterocycles. The van der Waals surface area contributed by atoms with Crippen molar-refractivity contribution in [2.45, 2.75) is 45.6 Å². The van der Waals surface area contributed by atoms with Gasteiger partial charge in [-0.15, -0.1) is 0 Å². The Hall–Kier alpha value is -3.54. The molecule has 1 N–H and O–H groups in total. The average Bonchev–Trinajstić information content (AvgIpc) is 3.27. The normalized spacial score (nSPS) is 18.2. The Morgan fingerprint density at radius 2 is 1.82 bits per heavy atom. The molecule has 2 heterocycles. The molecule has 0 radical (unpaired) electrons. The Bertz CT molecular complexity index is 1310. The molecule has 0 aliphatic carbocycles. The second-order valence-corrected chi connectivity index (χ2v) is 9.87. The molecule has 6 heteroatoms. The predicted molar refractivity (Wildman–Crippen MR) is 134 cm³/mol. The zero-order valence-electron chi connectivity index (χ0n) is 20.7. The van der Waals surface area contributed by atoms with Crippen LogP contribution in [0.15, 0.2) is 54.2 Å². The summed E-state index contributed by atoms with van der Waals surface area (Å²) in [6.45, 7) is 8.57. The van der Waals surface area contributed by atoms with Crippen LogP contribution in [-0.2, 0) is 22.1 Å². The quantitative estimate of drug-likeness (QED) is 0.318. The summed E-state index contributed by atoms with van der Waals surface area (Å²) in [4.78, 5) is 28.0. The number of nitrogens with zero attached hydrogens (tertiary/aromatic N) is 2. The molecule has 1 saturated heterocycles. The molecule has 0 spiro atoms. The number of hydrogen-bond donors (Lipinski definition) is 1. The summed E-state index contributed by atoms with van der Waals surface area (Å²) in [5, 5.41) is 12.4. The van der Waals surface area contributed by atoms with Gasteiger partial charge in [-0.05, 0) is 36.1 Å². The van der Waals surface area contributed by atoms with E-state index < -0.39 is 17.7 Å². The fourth-order valence-corrected chi connectivity index (χ4v) is 4.86. The van der Waals surface area contributed by atoms with Crippen LogP contribution >= 0.6 is 0 Å². The van der Waals surface area contributed by atoms with E-state index in [4.69, 9.17) is 4.74 Å². The zero-order valence-corrected chi connectivity index (χ0v) is 20.7. The van der Waals surface area contributed by atoms with Gasteiger partial charge in [-0.25, -0.2) is 0 Å². The van der Waals surface area contributed by atoms with Crippen molar-refractivity contribution in [2.75, 3.05) is 13.7 Å². The maximum atomic E-state index is 13.3. The highest BCUT2D eigenvalue weighted by Crippen LogP contribution is 2.43. The molecule has 178 valence electrons. The summed E-state index contributed by atoms with van der Waals surface area (Å²) in [5.41, 5.74) is 3.11. The summed E-state index contributed by atoms with van der Waals surface area (Å²) in [5.74, 6) is -0.688. The number of ether oxygens (including phenoxy) is 1. The largest absolute Gasteiger partial charge is 0.507 e. The maximum absolute atomic E-state index is 13.3. The minimum atomic E-state index is -0.661. The average molecular weight is 461 g/mol. The number of benzene rings is 2. The molecule has 1 unspecified atom stereocenters. The van der Waals surface area contributed by atoms with Gasteiger partial charge in [0.05, 0.1) is 18.7 Å². The summed E-state index contributed by atoms with van der Waals surface area (Å²) in [7, 11) is 3.55. The highest BCUT2D eigenvalue weighted by molar-refractivity contribution is 6.46. The van der Waals surface area contributed by atoms with E-state index in [0.717, 1.165) is 22.0 Å². The monoisotopic (exact) mass is 460 g/mol. The van der Waals surface area contributed by atoms with E-state index >= 15 is 0 Å². The first-order valence-electron chi connectivity index (χ1n) is 11.6. The Labute approximate surface area is 200 Å². The molecule has 0 saturated carbocycles. The number of hydrogen-bond acceptors (Lipinski definition) is 4. The highest BCUT2D eigenvalue weighted by Gasteiger charge is 2.46. The SMILES string of the molecule is CCCN1C(=O)C(=O)/C(=C(/O)c2ccc(OC)c(C(C)(C)C)c2)C1c1cn(C)c2ccccc12. The number of aryl methyl sites for hydroxylation is 1. The van der Waals surface area contributed by atoms with Crippen LogP contribution in [0, 0.1) is 0 Å². The number of Topliss-reactive ketones (excluding diaryl/α,β-unsaturated/α-hetero) is 1. The molecule has 1 aliphatic rings. The lowest BCUT2D eigenvalue weighted by atomic mass is 9.84. The van der Waals surface area contributed by atoms with Crippen LogP contribution in [0.2, 0.25) is 0 Å². The van der Waals surface area contributed by atoms with Crippen molar-refractivity contribution >= 4 is 28.4 Å². The van der Waals surface area contributed by atoms with E-state index in [1.165, 1.54) is 0 Å². The predicted octanol–water partition coefficient (Wildman–Crippen LogP) is 5.32. The van der Waals surface area contributed by atoms with Gasteiger partial charge in [0.1, 0.15) is 11.5 Å². The molecular weight excluding hydrogens is 428 g/mol. The van der Waals surface area contributed by atoms with Crippen molar-refractivity contribution < 1.29 is 19.4 Å². The molecule has 1 atom stereocenters. The lowest BCUT2D eigenvalue weighted by Crippen LogP contribution is -2.30. The number of ketones is 1. The summed E-state index contributed by atoms with van der Waals surface area (Å²) < 4.78 is 7.52. The van der Waals surface area contributed by atoms with E-state index in [1.54, 1.807) is 24.1 Å².